The van der Waals surface area contributed by atoms with E-state index >= 15 is 0 Å². The average Bonchev–Trinajstić information content (AvgIpc) is 2.84. The lowest BCUT2D eigenvalue weighted by molar-refractivity contribution is -0.127. The van der Waals surface area contributed by atoms with Gasteiger partial charge in [0, 0.05) is 19.6 Å². The number of primary amides is 1. The van der Waals surface area contributed by atoms with E-state index in [0.717, 1.165) is 5.75 Å². The fraction of sp³-hybridized carbons (Fsp3) is 0.222. The first kappa shape index (κ1) is 23.8. The van der Waals surface area contributed by atoms with Gasteiger partial charge in [-0.1, -0.05) is 24.8 Å². The SMILES string of the molecule is C=CC(=O)N1CCN(c2ccc(C(N)=O)c(Oc3ccc(Oc4ccccc4)cc3)n2)C(C)(C)C1. The highest BCUT2D eigenvalue weighted by atomic mass is 16.5. The van der Waals surface area contributed by atoms with Crippen LogP contribution in [-0.2, 0) is 4.79 Å². The highest BCUT2D eigenvalue weighted by Gasteiger charge is 2.36. The summed E-state index contributed by atoms with van der Waals surface area (Å²) in [6, 6.07) is 19.8. The Labute approximate surface area is 204 Å². The number of hydrogen-bond donors (Lipinski definition) is 1. The summed E-state index contributed by atoms with van der Waals surface area (Å²) < 4.78 is 11.8. The maximum absolute atomic E-state index is 12.1. The molecule has 0 unspecified atom stereocenters. The number of nitrogens with zero attached hydrogens (tertiary/aromatic N) is 3. The maximum atomic E-state index is 12.1. The third kappa shape index (κ3) is 5.43. The van der Waals surface area contributed by atoms with Gasteiger partial charge in [0.15, 0.2) is 0 Å². The lowest BCUT2D eigenvalue weighted by atomic mass is 9.98. The van der Waals surface area contributed by atoms with E-state index in [1.165, 1.54) is 6.08 Å². The molecule has 2 heterocycles. The second kappa shape index (κ2) is 9.89. The highest BCUT2D eigenvalue weighted by Crippen LogP contribution is 2.32. The number of hydrogen-bond acceptors (Lipinski definition) is 6. The van der Waals surface area contributed by atoms with Crippen molar-refractivity contribution in [3.05, 3.63) is 84.9 Å². The molecule has 0 atom stereocenters. The Morgan fingerprint density at radius 1 is 0.943 bits per heavy atom. The number of carbonyl (C=O) groups excluding carboxylic acids is 2. The lowest BCUT2D eigenvalue weighted by Crippen LogP contribution is -2.60. The molecule has 0 bridgehead atoms. The topological polar surface area (TPSA) is 98.0 Å². The van der Waals surface area contributed by atoms with Gasteiger partial charge in [-0.2, -0.15) is 4.98 Å². The molecule has 35 heavy (non-hydrogen) atoms. The van der Waals surface area contributed by atoms with Crippen molar-refractivity contribution in [3.63, 3.8) is 0 Å². The molecule has 1 aliphatic rings. The van der Waals surface area contributed by atoms with Gasteiger partial charge in [-0.25, -0.2) is 0 Å². The Morgan fingerprint density at radius 3 is 2.17 bits per heavy atom. The monoisotopic (exact) mass is 472 g/mol. The molecule has 3 aromatic rings. The summed E-state index contributed by atoms with van der Waals surface area (Å²) in [5.41, 5.74) is 5.36. The summed E-state index contributed by atoms with van der Waals surface area (Å²) in [4.78, 5) is 32.6. The van der Waals surface area contributed by atoms with Crippen molar-refractivity contribution in [2.75, 3.05) is 24.5 Å². The zero-order valence-electron chi connectivity index (χ0n) is 19.8. The van der Waals surface area contributed by atoms with Crippen LogP contribution in [0.1, 0.15) is 24.2 Å². The molecule has 2 aromatic carbocycles. The number of piperazine rings is 1. The van der Waals surface area contributed by atoms with Gasteiger partial charge < -0.3 is 25.0 Å². The van der Waals surface area contributed by atoms with Crippen molar-refractivity contribution in [1.82, 2.24) is 9.88 Å². The Hall–Kier alpha value is -4.33. The molecule has 8 nitrogen and oxygen atoms in total. The summed E-state index contributed by atoms with van der Waals surface area (Å²) in [7, 11) is 0. The number of pyridine rings is 1. The fourth-order valence-electron chi connectivity index (χ4n) is 4.06. The normalized spacial score (nSPS) is 14.8. The average molecular weight is 473 g/mol. The third-order valence-electron chi connectivity index (χ3n) is 5.79. The zero-order valence-corrected chi connectivity index (χ0v) is 19.8. The van der Waals surface area contributed by atoms with E-state index in [1.54, 1.807) is 41.3 Å². The van der Waals surface area contributed by atoms with Gasteiger partial charge in [-0.15, -0.1) is 0 Å². The minimum atomic E-state index is -0.635. The van der Waals surface area contributed by atoms with Crippen LogP contribution in [0.2, 0.25) is 0 Å². The number of carbonyl (C=O) groups is 2. The lowest BCUT2D eigenvalue weighted by Gasteiger charge is -2.47. The summed E-state index contributed by atoms with van der Waals surface area (Å²) >= 11 is 0. The van der Waals surface area contributed by atoms with Crippen LogP contribution >= 0.6 is 0 Å². The van der Waals surface area contributed by atoms with Gasteiger partial charge in [0.1, 0.15) is 28.6 Å². The smallest absolute Gasteiger partial charge is 0.254 e. The minimum absolute atomic E-state index is 0.0986. The van der Waals surface area contributed by atoms with Gasteiger partial charge in [-0.3, -0.25) is 9.59 Å². The van der Waals surface area contributed by atoms with E-state index in [2.05, 4.69) is 16.5 Å². The Balaban J connectivity index is 1.55. The molecule has 0 radical (unpaired) electrons. The van der Waals surface area contributed by atoms with Gasteiger partial charge >= 0.3 is 0 Å². The van der Waals surface area contributed by atoms with E-state index in [-0.39, 0.29) is 17.4 Å². The number of nitrogens with two attached hydrogens (primary N) is 1. The molecule has 180 valence electrons. The van der Waals surface area contributed by atoms with Crippen molar-refractivity contribution >= 4 is 17.6 Å². The molecule has 2 amide bonds. The first-order valence-corrected chi connectivity index (χ1v) is 11.3. The maximum Gasteiger partial charge on any atom is 0.254 e. The van der Waals surface area contributed by atoms with E-state index in [1.807, 2.05) is 44.2 Å². The van der Waals surface area contributed by atoms with E-state index in [4.69, 9.17) is 15.2 Å². The number of amides is 2. The molecular weight excluding hydrogens is 444 g/mol. The largest absolute Gasteiger partial charge is 0.457 e. The molecule has 1 aromatic heterocycles. The third-order valence-corrected chi connectivity index (χ3v) is 5.79. The first-order chi connectivity index (χ1) is 16.8. The number of aromatic nitrogens is 1. The molecule has 0 spiro atoms. The van der Waals surface area contributed by atoms with Gasteiger partial charge in [0.25, 0.3) is 5.91 Å². The Kier molecular flexibility index (Phi) is 6.73. The van der Waals surface area contributed by atoms with Gasteiger partial charge in [0.05, 0.1) is 5.54 Å². The van der Waals surface area contributed by atoms with Crippen LogP contribution in [0.5, 0.6) is 23.1 Å². The van der Waals surface area contributed by atoms with Crippen molar-refractivity contribution in [3.8, 4) is 23.1 Å². The van der Waals surface area contributed by atoms with E-state index < -0.39 is 11.4 Å². The van der Waals surface area contributed by atoms with Crippen molar-refractivity contribution in [1.29, 1.82) is 0 Å². The van der Waals surface area contributed by atoms with Crippen LogP contribution < -0.4 is 20.1 Å². The quantitative estimate of drug-likeness (QED) is 0.513. The number of rotatable bonds is 7. The first-order valence-electron chi connectivity index (χ1n) is 11.3. The minimum Gasteiger partial charge on any atom is -0.457 e. The number of ether oxygens (including phenoxy) is 2. The van der Waals surface area contributed by atoms with Crippen LogP contribution in [0, 0.1) is 0 Å². The zero-order chi connectivity index (χ0) is 25.0. The summed E-state index contributed by atoms with van der Waals surface area (Å²) in [6.45, 7) is 9.26. The predicted molar refractivity (Wildman–Crippen MR) is 134 cm³/mol. The highest BCUT2D eigenvalue weighted by molar-refractivity contribution is 5.95. The van der Waals surface area contributed by atoms with Crippen LogP contribution in [0.25, 0.3) is 0 Å². The Morgan fingerprint density at radius 2 is 1.57 bits per heavy atom. The standard InChI is InChI=1S/C27H28N4O4/c1-4-24(32)30-16-17-31(27(2,3)18-30)23-15-14-22(25(28)33)26(29-23)35-21-12-10-20(11-13-21)34-19-8-6-5-7-9-19/h4-15H,1,16-18H2,2-3H3,(H2,28,33). The molecule has 0 aliphatic carbocycles. The molecule has 4 rings (SSSR count). The van der Waals surface area contributed by atoms with Crippen LogP contribution in [0.4, 0.5) is 5.82 Å². The second-order valence-electron chi connectivity index (χ2n) is 8.80. The fourth-order valence-corrected chi connectivity index (χ4v) is 4.06. The molecular formula is C27H28N4O4. The predicted octanol–water partition coefficient (Wildman–Crippen LogP) is 4.38. The summed E-state index contributed by atoms with van der Waals surface area (Å²) in [5, 5.41) is 0. The van der Waals surface area contributed by atoms with Crippen LogP contribution in [0.3, 0.4) is 0 Å². The van der Waals surface area contributed by atoms with Crippen molar-refractivity contribution in [2.45, 2.75) is 19.4 Å². The molecule has 8 heteroatoms. The molecule has 0 saturated carbocycles. The number of benzene rings is 2. The molecule has 1 saturated heterocycles. The van der Waals surface area contributed by atoms with Crippen molar-refractivity contribution in [2.24, 2.45) is 5.73 Å². The van der Waals surface area contributed by atoms with E-state index in [0.29, 0.717) is 37.0 Å². The Bertz CT molecular complexity index is 1230. The molecule has 1 aliphatic heterocycles. The molecule has 2 N–H and O–H groups in total. The van der Waals surface area contributed by atoms with Crippen LogP contribution in [-0.4, -0.2) is 46.9 Å². The number of para-hydroxylation sites is 1. The molecule has 1 fully saturated rings. The summed E-state index contributed by atoms with van der Waals surface area (Å²) in [6.07, 6.45) is 1.33. The summed E-state index contributed by atoms with van der Waals surface area (Å²) in [5.74, 6) is 1.87. The number of anilines is 1. The van der Waals surface area contributed by atoms with Gasteiger partial charge in [-0.05, 0) is 68.5 Å². The van der Waals surface area contributed by atoms with Crippen molar-refractivity contribution < 1.29 is 19.1 Å². The van der Waals surface area contributed by atoms with Gasteiger partial charge in [0.2, 0.25) is 11.8 Å². The van der Waals surface area contributed by atoms with Crippen LogP contribution in [0.15, 0.2) is 79.4 Å². The van der Waals surface area contributed by atoms with E-state index in [9.17, 15) is 9.59 Å². The second-order valence-corrected chi connectivity index (χ2v) is 8.80.